The molecule has 2 saturated heterocycles. The molecule has 0 aliphatic carbocycles. The van der Waals surface area contributed by atoms with Gasteiger partial charge in [0.15, 0.2) is 11.9 Å². The Morgan fingerprint density at radius 1 is 1.35 bits per heavy atom. The number of hydrogen-bond acceptors (Lipinski definition) is 5. The van der Waals surface area contributed by atoms with Gasteiger partial charge in [0.05, 0.1) is 6.04 Å². The summed E-state index contributed by atoms with van der Waals surface area (Å²) in [5.41, 5.74) is -0.645. The first-order valence-electron chi connectivity index (χ1n) is 6.97. The van der Waals surface area contributed by atoms with Gasteiger partial charge in [-0.2, -0.15) is 0 Å². The molecule has 2 fully saturated rings. The van der Waals surface area contributed by atoms with E-state index in [9.17, 15) is 9.59 Å². The molecule has 114 valence electrons. The lowest BCUT2D eigenvalue weighted by Crippen LogP contribution is -2.46. The van der Waals surface area contributed by atoms with Gasteiger partial charge in [0, 0.05) is 0 Å². The van der Waals surface area contributed by atoms with Crippen molar-refractivity contribution in [2.24, 2.45) is 0 Å². The van der Waals surface area contributed by atoms with Crippen LogP contribution in [0, 0.1) is 0 Å². The monoisotopic (exact) mass is 285 g/mol. The van der Waals surface area contributed by atoms with Gasteiger partial charge in [-0.1, -0.05) is 6.92 Å². The molecule has 0 aromatic rings. The second-order valence-corrected chi connectivity index (χ2v) is 6.68. The molecular weight excluding hydrogens is 262 g/mol. The lowest BCUT2D eigenvalue weighted by atomic mass is 10.1. The van der Waals surface area contributed by atoms with Crippen molar-refractivity contribution >= 4 is 12.0 Å². The number of likely N-dealkylation sites (tertiary alicyclic amines) is 1. The number of hydrogen-bond donors (Lipinski definition) is 0. The molecule has 0 aromatic heterocycles. The number of nitrogens with zero attached hydrogens (tertiary/aromatic N) is 1. The van der Waals surface area contributed by atoms with Gasteiger partial charge in [0.25, 0.3) is 5.91 Å². The van der Waals surface area contributed by atoms with Crippen LogP contribution in [-0.4, -0.2) is 46.5 Å². The molecule has 6 heteroatoms. The van der Waals surface area contributed by atoms with E-state index in [0.29, 0.717) is 6.42 Å². The van der Waals surface area contributed by atoms with E-state index in [2.05, 4.69) is 0 Å². The summed E-state index contributed by atoms with van der Waals surface area (Å²) in [6.45, 7) is 10.7. The van der Waals surface area contributed by atoms with E-state index in [1.54, 1.807) is 34.6 Å². The number of carbonyl (C=O) groups excluding carboxylic acids is 2. The van der Waals surface area contributed by atoms with E-state index in [1.807, 2.05) is 6.92 Å². The summed E-state index contributed by atoms with van der Waals surface area (Å²) in [5, 5.41) is 0. The van der Waals surface area contributed by atoms with Crippen LogP contribution in [0.15, 0.2) is 0 Å². The van der Waals surface area contributed by atoms with Crippen molar-refractivity contribution in [3.8, 4) is 0 Å². The highest BCUT2D eigenvalue weighted by molar-refractivity contribution is 5.98. The molecule has 2 rings (SSSR count). The molecule has 0 N–H and O–H groups in total. The quantitative estimate of drug-likeness (QED) is 0.738. The summed E-state index contributed by atoms with van der Waals surface area (Å²) >= 11 is 0. The minimum Gasteiger partial charge on any atom is -0.443 e. The van der Waals surface area contributed by atoms with Gasteiger partial charge < -0.3 is 14.2 Å². The first-order valence-corrected chi connectivity index (χ1v) is 6.97. The Bertz CT molecular complexity index is 426. The van der Waals surface area contributed by atoms with E-state index < -0.39 is 29.7 Å². The van der Waals surface area contributed by atoms with Crippen molar-refractivity contribution in [3.05, 3.63) is 0 Å². The second-order valence-electron chi connectivity index (χ2n) is 6.68. The summed E-state index contributed by atoms with van der Waals surface area (Å²) < 4.78 is 16.7. The highest BCUT2D eigenvalue weighted by Crippen LogP contribution is 2.39. The summed E-state index contributed by atoms with van der Waals surface area (Å²) in [4.78, 5) is 25.7. The van der Waals surface area contributed by atoms with Gasteiger partial charge >= 0.3 is 6.09 Å². The fourth-order valence-electron chi connectivity index (χ4n) is 2.66. The van der Waals surface area contributed by atoms with Crippen LogP contribution >= 0.6 is 0 Å². The number of rotatable bonds is 1. The Labute approximate surface area is 119 Å². The number of imide groups is 1. The molecule has 2 aliphatic rings. The van der Waals surface area contributed by atoms with Crippen molar-refractivity contribution in [2.45, 2.75) is 77.6 Å². The van der Waals surface area contributed by atoms with E-state index >= 15 is 0 Å². The molecule has 2 aliphatic heterocycles. The normalized spacial score (nSPS) is 32.4. The van der Waals surface area contributed by atoms with Gasteiger partial charge in [-0.05, 0) is 41.0 Å². The smallest absolute Gasteiger partial charge is 0.417 e. The van der Waals surface area contributed by atoms with Gasteiger partial charge in [-0.25, -0.2) is 9.69 Å². The molecule has 2 heterocycles. The molecule has 2 amide bonds. The molecule has 6 nitrogen and oxygen atoms in total. The van der Waals surface area contributed by atoms with Crippen LogP contribution in [0.1, 0.15) is 48.0 Å². The summed E-state index contributed by atoms with van der Waals surface area (Å²) in [5.74, 6) is -1.17. The van der Waals surface area contributed by atoms with Crippen molar-refractivity contribution in [1.29, 1.82) is 0 Å². The van der Waals surface area contributed by atoms with E-state index in [0.717, 1.165) is 4.90 Å². The molecular formula is C14H23NO5. The summed E-state index contributed by atoms with van der Waals surface area (Å²) in [7, 11) is 0. The first-order chi connectivity index (χ1) is 9.06. The molecule has 0 spiro atoms. The predicted octanol–water partition coefficient (Wildman–Crippen LogP) is 2.06. The van der Waals surface area contributed by atoms with Crippen molar-refractivity contribution in [1.82, 2.24) is 4.90 Å². The Balaban J connectivity index is 2.20. The van der Waals surface area contributed by atoms with Crippen LogP contribution in [-0.2, 0) is 19.0 Å². The van der Waals surface area contributed by atoms with Crippen LogP contribution in [0.5, 0.6) is 0 Å². The van der Waals surface area contributed by atoms with Gasteiger partial charge in [-0.15, -0.1) is 0 Å². The molecule has 0 saturated carbocycles. The number of ether oxygens (including phenoxy) is 3. The Morgan fingerprint density at radius 2 is 1.95 bits per heavy atom. The van der Waals surface area contributed by atoms with Crippen molar-refractivity contribution in [3.63, 3.8) is 0 Å². The highest BCUT2D eigenvalue weighted by atomic mass is 16.8. The van der Waals surface area contributed by atoms with E-state index in [1.165, 1.54) is 0 Å². The average Bonchev–Trinajstić information content (AvgIpc) is 2.68. The Kier molecular flexibility index (Phi) is 3.59. The third kappa shape index (κ3) is 2.67. The zero-order valence-electron chi connectivity index (χ0n) is 12.9. The number of amides is 2. The first kappa shape index (κ1) is 15.3. The second kappa shape index (κ2) is 4.70. The standard InChI is InChI=1S/C14H23NO5/c1-7-8-9-10(19-14(5,6)18-9)11(16)15(8)12(17)20-13(2,3)4/h8-10H,7H2,1-6H3/t8-,9?,10?/m1/s1. The summed E-state index contributed by atoms with van der Waals surface area (Å²) in [6, 6.07) is -0.343. The Morgan fingerprint density at radius 3 is 2.45 bits per heavy atom. The van der Waals surface area contributed by atoms with Crippen LogP contribution in [0.25, 0.3) is 0 Å². The van der Waals surface area contributed by atoms with E-state index in [-0.39, 0.29) is 11.9 Å². The third-order valence-corrected chi connectivity index (χ3v) is 3.33. The maximum atomic E-state index is 12.4. The molecule has 3 atom stereocenters. The Hall–Kier alpha value is -1.14. The molecule has 0 bridgehead atoms. The van der Waals surface area contributed by atoms with Gasteiger partial charge in [0.2, 0.25) is 0 Å². The minimum absolute atomic E-state index is 0.343. The minimum atomic E-state index is -0.793. The third-order valence-electron chi connectivity index (χ3n) is 3.33. The zero-order chi connectivity index (χ0) is 15.3. The van der Waals surface area contributed by atoms with E-state index in [4.69, 9.17) is 14.2 Å². The van der Waals surface area contributed by atoms with Crippen LogP contribution in [0.2, 0.25) is 0 Å². The molecule has 2 unspecified atom stereocenters. The maximum absolute atomic E-state index is 12.4. The van der Waals surface area contributed by atoms with Crippen molar-refractivity contribution < 1.29 is 23.8 Å². The number of carbonyl (C=O) groups is 2. The molecule has 0 aromatic carbocycles. The SMILES string of the molecule is CC[C@@H]1C2OC(C)(C)OC2C(=O)N1C(=O)OC(C)(C)C. The predicted molar refractivity (Wildman–Crippen MR) is 71.0 cm³/mol. The van der Waals surface area contributed by atoms with Gasteiger partial charge in [0.1, 0.15) is 11.7 Å². The zero-order valence-corrected chi connectivity index (χ0v) is 12.9. The van der Waals surface area contributed by atoms with Crippen molar-refractivity contribution in [2.75, 3.05) is 0 Å². The fourth-order valence-corrected chi connectivity index (χ4v) is 2.66. The van der Waals surface area contributed by atoms with Crippen LogP contribution in [0.3, 0.4) is 0 Å². The highest BCUT2D eigenvalue weighted by Gasteiger charge is 2.59. The van der Waals surface area contributed by atoms with Crippen LogP contribution in [0.4, 0.5) is 4.79 Å². The maximum Gasteiger partial charge on any atom is 0.417 e. The number of fused-ring (bicyclic) bond motifs is 1. The van der Waals surface area contributed by atoms with Crippen LogP contribution < -0.4 is 0 Å². The molecule has 0 radical (unpaired) electrons. The molecule has 20 heavy (non-hydrogen) atoms. The topological polar surface area (TPSA) is 65.1 Å². The summed E-state index contributed by atoms with van der Waals surface area (Å²) in [6.07, 6.45) is -1.17. The average molecular weight is 285 g/mol. The largest absolute Gasteiger partial charge is 0.443 e. The van der Waals surface area contributed by atoms with Gasteiger partial charge in [-0.3, -0.25) is 4.79 Å². The lowest BCUT2D eigenvalue weighted by molar-refractivity contribution is -0.171. The fraction of sp³-hybridized carbons (Fsp3) is 0.857. The lowest BCUT2D eigenvalue weighted by Gasteiger charge is -2.29.